The highest BCUT2D eigenvalue weighted by Crippen LogP contribution is 2.40. The van der Waals surface area contributed by atoms with Gasteiger partial charge in [-0.1, -0.05) is 26.0 Å². The summed E-state index contributed by atoms with van der Waals surface area (Å²) in [6.07, 6.45) is 1.11. The third kappa shape index (κ3) is 5.31. The van der Waals surface area contributed by atoms with Gasteiger partial charge >= 0.3 is 0 Å². The number of hydrogen-bond donors (Lipinski definition) is 1. The first kappa shape index (κ1) is 23.2. The summed E-state index contributed by atoms with van der Waals surface area (Å²) in [7, 11) is 3.28. The van der Waals surface area contributed by atoms with Crippen LogP contribution in [0.4, 0.5) is 0 Å². The second-order valence-corrected chi connectivity index (χ2v) is 8.64. The molecule has 2 aromatic rings. The van der Waals surface area contributed by atoms with Gasteiger partial charge in [0.1, 0.15) is 18.1 Å². The van der Waals surface area contributed by atoms with E-state index in [0.29, 0.717) is 23.7 Å². The molecule has 0 saturated carbocycles. The molecule has 0 fully saturated rings. The summed E-state index contributed by atoms with van der Waals surface area (Å²) in [5.74, 6) is 1.56. The molecule has 2 rings (SSSR count). The lowest BCUT2D eigenvalue weighted by Gasteiger charge is -2.31. The number of ether oxygens (including phenoxy) is 3. The maximum atomic E-state index is 10.9. The van der Waals surface area contributed by atoms with Crippen LogP contribution in [0.25, 0.3) is 0 Å². The average Bonchev–Trinajstić information content (AvgIpc) is 2.72. The van der Waals surface area contributed by atoms with Crippen molar-refractivity contribution in [3.8, 4) is 11.5 Å². The van der Waals surface area contributed by atoms with Crippen molar-refractivity contribution in [1.29, 1.82) is 0 Å². The van der Waals surface area contributed by atoms with E-state index < -0.39 is 11.2 Å². The van der Waals surface area contributed by atoms with Crippen molar-refractivity contribution < 1.29 is 19.3 Å². The van der Waals surface area contributed by atoms with Crippen molar-refractivity contribution in [3.63, 3.8) is 0 Å². The highest BCUT2D eigenvalue weighted by atomic mass is 16.5. The van der Waals surface area contributed by atoms with Gasteiger partial charge in [0.25, 0.3) is 0 Å². The lowest BCUT2D eigenvalue weighted by Crippen LogP contribution is -2.25. The van der Waals surface area contributed by atoms with E-state index >= 15 is 0 Å². The molecule has 4 heteroatoms. The van der Waals surface area contributed by atoms with E-state index in [9.17, 15) is 5.11 Å². The zero-order valence-electron chi connectivity index (χ0n) is 19.1. The quantitative estimate of drug-likeness (QED) is 0.541. The van der Waals surface area contributed by atoms with Crippen LogP contribution in [0, 0.1) is 0 Å². The number of rotatable bonds is 9. The van der Waals surface area contributed by atoms with Crippen LogP contribution in [0.5, 0.6) is 11.5 Å². The van der Waals surface area contributed by atoms with Gasteiger partial charge in [-0.3, -0.25) is 0 Å². The number of aromatic hydroxyl groups is 1. The number of hydrogen-bond acceptors (Lipinski definition) is 4. The van der Waals surface area contributed by atoms with Crippen molar-refractivity contribution >= 4 is 0 Å². The third-order valence-electron chi connectivity index (χ3n) is 5.95. The number of phenolic OH excluding ortho intramolecular Hbond substituents is 1. The SMILES string of the molecule is CCC(C)c1ccc(OCc2cc(C(C)(C)OC)c(O)c(C(C)(C)OC)c2)cc1. The molecule has 1 atom stereocenters. The minimum atomic E-state index is -0.642. The van der Waals surface area contributed by atoms with Crippen LogP contribution in [0.15, 0.2) is 36.4 Å². The number of methoxy groups -OCH3 is 2. The average molecular weight is 401 g/mol. The highest BCUT2D eigenvalue weighted by molar-refractivity contribution is 5.49. The van der Waals surface area contributed by atoms with E-state index in [2.05, 4.69) is 26.0 Å². The third-order valence-corrected chi connectivity index (χ3v) is 5.95. The molecule has 0 aliphatic carbocycles. The molecule has 0 aliphatic heterocycles. The molecule has 4 nitrogen and oxygen atoms in total. The van der Waals surface area contributed by atoms with Crippen LogP contribution in [0.2, 0.25) is 0 Å². The Balaban J connectivity index is 2.34. The number of benzene rings is 2. The van der Waals surface area contributed by atoms with E-state index in [0.717, 1.165) is 17.7 Å². The van der Waals surface area contributed by atoms with Crippen LogP contribution in [-0.2, 0) is 27.3 Å². The van der Waals surface area contributed by atoms with Gasteiger partial charge in [0.15, 0.2) is 0 Å². The van der Waals surface area contributed by atoms with E-state index in [1.165, 1.54) is 5.56 Å². The number of phenols is 1. The van der Waals surface area contributed by atoms with Crippen LogP contribution in [0.3, 0.4) is 0 Å². The molecule has 1 unspecified atom stereocenters. The predicted octanol–water partition coefficient (Wildman–Crippen LogP) is 6.25. The maximum Gasteiger partial charge on any atom is 0.127 e. The molecular weight excluding hydrogens is 364 g/mol. The van der Waals surface area contributed by atoms with Crippen LogP contribution < -0.4 is 4.74 Å². The molecule has 29 heavy (non-hydrogen) atoms. The largest absolute Gasteiger partial charge is 0.507 e. The van der Waals surface area contributed by atoms with E-state index in [1.807, 2.05) is 52.0 Å². The van der Waals surface area contributed by atoms with E-state index in [1.54, 1.807) is 14.2 Å². The van der Waals surface area contributed by atoms with E-state index in [4.69, 9.17) is 14.2 Å². The standard InChI is InChI=1S/C25H36O4/c1-9-17(2)19-10-12-20(13-11-19)29-16-18-14-21(24(3,4)27-7)23(26)22(15-18)25(5,6)28-8/h10-15,17,26H,9,16H2,1-8H3. The summed E-state index contributed by atoms with van der Waals surface area (Å²) in [6.45, 7) is 12.5. The van der Waals surface area contributed by atoms with Gasteiger partial charge < -0.3 is 19.3 Å². The molecular formula is C25H36O4. The normalized spacial score (nSPS) is 13.4. The minimum absolute atomic E-state index is 0.199. The van der Waals surface area contributed by atoms with Gasteiger partial charge in [-0.05, 0) is 75.4 Å². The zero-order valence-corrected chi connectivity index (χ0v) is 19.1. The Bertz CT molecular complexity index is 769. The predicted molar refractivity (Wildman–Crippen MR) is 118 cm³/mol. The first-order chi connectivity index (χ1) is 13.6. The van der Waals surface area contributed by atoms with Gasteiger partial charge in [0, 0.05) is 25.3 Å². The molecule has 0 spiro atoms. The Hall–Kier alpha value is -2.04. The minimum Gasteiger partial charge on any atom is -0.507 e. The lowest BCUT2D eigenvalue weighted by atomic mass is 9.87. The maximum absolute atomic E-state index is 10.9. The molecule has 160 valence electrons. The second kappa shape index (κ2) is 9.19. The molecule has 0 saturated heterocycles. The van der Waals surface area contributed by atoms with Gasteiger partial charge in [-0.25, -0.2) is 0 Å². The molecule has 2 aromatic carbocycles. The summed E-state index contributed by atoms with van der Waals surface area (Å²) in [4.78, 5) is 0. The fourth-order valence-electron chi connectivity index (χ4n) is 3.21. The van der Waals surface area contributed by atoms with Gasteiger partial charge in [0.05, 0.1) is 11.2 Å². The molecule has 1 N–H and O–H groups in total. The van der Waals surface area contributed by atoms with Crippen molar-refractivity contribution in [2.24, 2.45) is 0 Å². The van der Waals surface area contributed by atoms with Crippen molar-refractivity contribution in [2.75, 3.05) is 14.2 Å². The van der Waals surface area contributed by atoms with E-state index in [-0.39, 0.29) is 5.75 Å². The summed E-state index contributed by atoms with van der Waals surface area (Å²) < 4.78 is 17.3. The summed E-state index contributed by atoms with van der Waals surface area (Å²) >= 11 is 0. The highest BCUT2D eigenvalue weighted by Gasteiger charge is 2.31. The fraction of sp³-hybridized carbons (Fsp3) is 0.520. The molecule has 0 aliphatic rings. The van der Waals surface area contributed by atoms with Gasteiger partial charge in [0.2, 0.25) is 0 Å². The van der Waals surface area contributed by atoms with Crippen LogP contribution in [-0.4, -0.2) is 19.3 Å². The van der Waals surface area contributed by atoms with Crippen molar-refractivity contribution in [1.82, 2.24) is 0 Å². The summed E-state index contributed by atoms with van der Waals surface area (Å²) in [5.41, 5.74) is 2.42. The molecule has 0 amide bonds. The molecule has 0 radical (unpaired) electrons. The van der Waals surface area contributed by atoms with Crippen LogP contribution in [0.1, 0.15) is 76.1 Å². The summed E-state index contributed by atoms with van der Waals surface area (Å²) in [5, 5.41) is 10.9. The van der Waals surface area contributed by atoms with Gasteiger partial charge in [-0.2, -0.15) is 0 Å². The first-order valence-corrected chi connectivity index (χ1v) is 10.3. The second-order valence-electron chi connectivity index (χ2n) is 8.64. The molecule has 0 aromatic heterocycles. The van der Waals surface area contributed by atoms with Crippen LogP contribution >= 0.6 is 0 Å². The Labute approximate surface area is 175 Å². The summed E-state index contributed by atoms with van der Waals surface area (Å²) in [6, 6.07) is 12.2. The van der Waals surface area contributed by atoms with Gasteiger partial charge in [-0.15, -0.1) is 0 Å². The Kier molecular flexibility index (Phi) is 7.36. The molecule has 0 heterocycles. The fourth-order valence-corrected chi connectivity index (χ4v) is 3.21. The van der Waals surface area contributed by atoms with Crippen molar-refractivity contribution in [2.45, 2.75) is 71.7 Å². The topological polar surface area (TPSA) is 47.9 Å². The smallest absolute Gasteiger partial charge is 0.127 e. The Morgan fingerprint density at radius 1 is 0.897 bits per heavy atom. The zero-order chi connectivity index (χ0) is 21.8. The monoisotopic (exact) mass is 400 g/mol. The lowest BCUT2D eigenvalue weighted by molar-refractivity contribution is 0.00958. The molecule has 0 bridgehead atoms. The Morgan fingerprint density at radius 3 is 1.79 bits per heavy atom. The Morgan fingerprint density at radius 2 is 1.38 bits per heavy atom. The first-order valence-electron chi connectivity index (χ1n) is 10.3. The van der Waals surface area contributed by atoms with Crippen molar-refractivity contribution in [3.05, 3.63) is 58.7 Å².